The average Bonchev–Trinajstić information content (AvgIpc) is 2.38. The Labute approximate surface area is 119 Å². The van der Waals surface area contributed by atoms with Crippen LogP contribution in [0, 0.1) is 6.92 Å². The van der Waals surface area contributed by atoms with Crippen LogP contribution in [0.3, 0.4) is 0 Å². The number of carbonyl (C=O) groups excluding carboxylic acids is 2. The number of amides is 1. The van der Waals surface area contributed by atoms with Crippen molar-refractivity contribution in [1.82, 2.24) is 5.32 Å². The molecular formula is C16H21NO3. The number of hydrogen-bond acceptors (Lipinski definition) is 3. The maximum Gasteiger partial charge on any atom is 0.354 e. The number of hydrogen-bond donors (Lipinski definition) is 1. The zero-order chi connectivity index (χ0) is 15.3. The molecule has 0 fully saturated rings. The van der Waals surface area contributed by atoms with Gasteiger partial charge in [-0.25, -0.2) is 4.79 Å². The summed E-state index contributed by atoms with van der Waals surface area (Å²) in [7, 11) is 1.29. The number of ether oxygens (including phenoxy) is 1. The Kier molecular flexibility index (Phi) is 5.50. The Morgan fingerprint density at radius 2 is 1.95 bits per heavy atom. The SMILES string of the molecule is COC(=O)/C(=C/c1c(C)cccc1C(C)C)NC(C)=O. The fraction of sp³-hybridized carbons (Fsp3) is 0.375. The van der Waals surface area contributed by atoms with E-state index in [1.54, 1.807) is 6.08 Å². The molecule has 0 saturated heterocycles. The highest BCUT2D eigenvalue weighted by atomic mass is 16.5. The predicted octanol–water partition coefficient (Wildman–Crippen LogP) is 2.77. The lowest BCUT2D eigenvalue weighted by Gasteiger charge is -2.14. The van der Waals surface area contributed by atoms with Gasteiger partial charge in [-0.05, 0) is 35.6 Å². The number of carbonyl (C=O) groups is 2. The lowest BCUT2D eigenvalue weighted by atomic mass is 9.93. The van der Waals surface area contributed by atoms with Gasteiger partial charge in [0, 0.05) is 6.92 Å². The fourth-order valence-corrected chi connectivity index (χ4v) is 1.99. The molecule has 0 aromatic heterocycles. The summed E-state index contributed by atoms with van der Waals surface area (Å²) in [6.07, 6.45) is 1.68. The molecule has 20 heavy (non-hydrogen) atoms. The molecule has 0 aliphatic carbocycles. The Hall–Kier alpha value is -2.10. The summed E-state index contributed by atoms with van der Waals surface area (Å²) in [6.45, 7) is 7.50. The molecule has 0 bridgehead atoms. The molecule has 108 valence electrons. The topological polar surface area (TPSA) is 55.4 Å². The lowest BCUT2D eigenvalue weighted by molar-refractivity contribution is -0.137. The second-order valence-electron chi connectivity index (χ2n) is 4.96. The molecule has 1 N–H and O–H groups in total. The smallest absolute Gasteiger partial charge is 0.354 e. The fourth-order valence-electron chi connectivity index (χ4n) is 1.99. The third kappa shape index (κ3) is 3.95. The van der Waals surface area contributed by atoms with E-state index >= 15 is 0 Å². The van der Waals surface area contributed by atoms with Gasteiger partial charge in [-0.3, -0.25) is 4.79 Å². The van der Waals surface area contributed by atoms with Crippen molar-refractivity contribution in [1.29, 1.82) is 0 Å². The highest BCUT2D eigenvalue weighted by molar-refractivity contribution is 5.97. The number of nitrogens with one attached hydrogen (secondary N) is 1. The minimum atomic E-state index is -0.557. The van der Waals surface area contributed by atoms with E-state index in [4.69, 9.17) is 4.74 Å². The zero-order valence-electron chi connectivity index (χ0n) is 12.6. The number of esters is 1. The van der Waals surface area contributed by atoms with E-state index in [0.717, 1.165) is 16.7 Å². The largest absolute Gasteiger partial charge is 0.464 e. The molecule has 0 aliphatic rings. The molecule has 1 rings (SSSR count). The second-order valence-corrected chi connectivity index (χ2v) is 4.96. The molecule has 0 unspecified atom stereocenters. The second kappa shape index (κ2) is 6.89. The van der Waals surface area contributed by atoms with Gasteiger partial charge in [0.2, 0.25) is 5.91 Å². The van der Waals surface area contributed by atoms with E-state index in [9.17, 15) is 9.59 Å². The maximum absolute atomic E-state index is 11.7. The molecule has 4 heteroatoms. The first-order chi connectivity index (χ1) is 9.36. The third-order valence-electron chi connectivity index (χ3n) is 2.98. The summed E-state index contributed by atoms with van der Waals surface area (Å²) in [5.41, 5.74) is 3.26. The molecule has 0 heterocycles. The van der Waals surface area contributed by atoms with Crippen LogP contribution in [0.4, 0.5) is 0 Å². The Balaban J connectivity index is 3.36. The van der Waals surface area contributed by atoms with Crippen LogP contribution in [-0.4, -0.2) is 19.0 Å². The van der Waals surface area contributed by atoms with Gasteiger partial charge in [0.05, 0.1) is 7.11 Å². The molecule has 1 amide bonds. The summed E-state index contributed by atoms with van der Waals surface area (Å²) in [5.74, 6) is -0.545. The van der Waals surface area contributed by atoms with Gasteiger partial charge in [-0.2, -0.15) is 0 Å². The van der Waals surface area contributed by atoms with Crippen molar-refractivity contribution in [3.63, 3.8) is 0 Å². The van der Waals surface area contributed by atoms with E-state index in [0.29, 0.717) is 5.92 Å². The van der Waals surface area contributed by atoms with Gasteiger partial charge in [0.15, 0.2) is 0 Å². The molecule has 0 aliphatic heterocycles. The van der Waals surface area contributed by atoms with Gasteiger partial charge >= 0.3 is 5.97 Å². The van der Waals surface area contributed by atoms with E-state index in [2.05, 4.69) is 19.2 Å². The van der Waals surface area contributed by atoms with Crippen molar-refractivity contribution < 1.29 is 14.3 Å². The van der Waals surface area contributed by atoms with Crippen LogP contribution in [0.1, 0.15) is 43.4 Å². The van der Waals surface area contributed by atoms with E-state index in [-0.39, 0.29) is 11.6 Å². The summed E-state index contributed by atoms with van der Waals surface area (Å²) < 4.78 is 4.70. The van der Waals surface area contributed by atoms with Crippen molar-refractivity contribution in [3.8, 4) is 0 Å². The Bertz CT molecular complexity index is 545. The van der Waals surface area contributed by atoms with Gasteiger partial charge in [0.25, 0.3) is 0 Å². The van der Waals surface area contributed by atoms with E-state index < -0.39 is 5.97 Å². The van der Waals surface area contributed by atoms with Crippen LogP contribution in [0.25, 0.3) is 6.08 Å². The summed E-state index contributed by atoms with van der Waals surface area (Å²) in [6, 6.07) is 5.98. The van der Waals surface area contributed by atoms with Gasteiger partial charge < -0.3 is 10.1 Å². The van der Waals surface area contributed by atoms with Crippen LogP contribution >= 0.6 is 0 Å². The van der Waals surface area contributed by atoms with Crippen molar-refractivity contribution in [3.05, 3.63) is 40.6 Å². The molecular weight excluding hydrogens is 254 g/mol. The normalized spacial score (nSPS) is 11.4. The number of methoxy groups -OCH3 is 1. The molecule has 0 spiro atoms. The van der Waals surface area contributed by atoms with Crippen molar-refractivity contribution >= 4 is 18.0 Å². The van der Waals surface area contributed by atoms with Crippen LogP contribution in [0.5, 0.6) is 0 Å². The van der Waals surface area contributed by atoms with Crippen molar-refractivity contribution in [2.45, 2.75) is 33.6 Å². The van der Waals surface area contributed by atoms with Gasteiger partial charge in [-0.1, -0.05) is 32.0 Å². The molecule has 0 atom stereocenters. The summed E-state index contributed by atoms with van der Waals surface area (Å²) in [4.78, 5) is 22.9. The van der Waals surface area contributed by atoms with Crippen LogP contribution in [0.15, 0.2) is 23.9 Å². The zero-order valence-corrected chi connectivity index (χ0v) is 12.6. The third-order valence-corrected chi connectivity index (χ3v) is 2.98. The monoisotopic (exact) mass is 275 g/mol. The van der Waals surface area contributed by atoms with Crippen LogP contribution < -0.4 is 5.32 Å². The highest BCUT2D eigenvalue weighted by Crippen LogP contribution is 2.24. The first-order valence-electron chi connectivity index (χ1n) is 6.54. The lowest BCUT2D eigenvalue weighted by Crippen LogP contribution is -2.25. The van der Waals surface area contributed by atoms with E-state index in [1.807, 2.05) is 25.1 Å². The highest BCUT2D eigenvalue weighted by Gasteiger charge is 2.14. The van der Waals surface area contributed by atoms with E-state index in [1.165, 1.54) is 14.0 Å². The minimum Gasteiger partial charge on any atom is -0.464 e. The predicted molar refractivity (Wildman–Crippen MR) is 79.1 cm³/mol. The van der Waals surface area contributed by atoms with Crippen molar-refractivity contribution in [2.24, 2.45) is 0 Å². The van der Waals surface area contributed by atoms with Gasteiger partial charge in [-0.15, -0.1) is 0 Å². The summed E-state index contributed by atoms with van der Waals surface area (Å²) in [5, 5.41) is 2.52. The first kappa shape index (κ1) is 16.0. The van der Waals surface area contributed by atoms with Gasteiger partial charge in [0.1, 0.15) is 5.70 Å². The molecule has 4 nitrogen and oxygen atoms in total. The Morgan fingerprint density at radius 1 is 1.30 bits per heavy atom. The number of rotatable bonds is 4. The van der Waals surface area contributed by atoms with Crippen molar-refractivity contribution in [2.75, 3.05) is 7.11 Å². The molecule has 0 radical (unpaired) electrons. The Morgan fingerprint density at radius 3 is 2.45 bits per heavy atom. The minimum absolute atomic E-state index is 0.149. The number of aryl methyl sites for hydroxylation is 1. The standard InChI is InChI=1S/C16H21NO3/c1-10(2)13-8-6-7-11(3)14(13)9-15(16(19)20-5)17-12(4)18/h6-10H,1-5H3,(H,17,18)/b15-9-. The molecule has 1 aromatic rings. The molecule has 0 saturated carbocycles. The first-order valence-corrected chi connectivity index (χ1v) is 6.54. The quantitative estimate of drug-likeness (QED) is 0.679. The summed E-state index contributed by atoms with van der Waals surface area (Å²) >= 11 is 0. The molecule has 1 aromatic carbocycles. The maximum atomic E-state index is 11.7. The van der Waals surface area contributed by atoms with Crippen LogP contribution in [-0.2, 0) is 14.3 Å². The van der Waals surface area contributed by atoms with Crippen LogP contribution in [0.2, 0.25) is 0 Å². The average molecular weight is 275 g/mol. The number of benzene rings is 1.